The molecule has 0 bridgehead atoms. The summed E-state index contributed by atoms with van der Waals surface area (Å²) in [5.74, 6) is 1.73. The summed E-state index contributed by atoms with van der Waals surface area (Å²) >= 11 is 0. The summed E-state index contributed by atoms with van der Waals surface area (Å²) in [7, 11) is 4.01. The van der Waals surface area contributed by atoms with Crippen molar-refractivity contribution in [1.29, 1.82) is 0 Å². The Balaban J connectivity index is 1.47. The fourth-order valence-corrected chi connectivity index (χ4v) is 3.87. The Morgan fingerprint density at radius 3 is 2.43 bits per heavy atom. The van der Waals surface area contributed by atoms with E-state index >= 15 is 0 Å². The first-order valence-electron chi connectivity index (χ1n) is 10.2. The molecule has 1 aliphatic heterocycles. The van der Waals surface area contributed by atoms with Crippen LogP contribution in [0.25, 0.3) is 0 Å². The van der Waals surface area contributed by atoms with E-state index in [0.717, 1.165) is 30.0 Å². The van der Waals surface area contributed by atoms with Gasteiger partial charge in [0.05, 0.1) is 13.1 Å². The first-order chi connectivity index (χ1) is 14.4. The van der Waals surface area contributed by atoms with Gasteiger partial charge in [-0.1, -0.05) is 36.4 Å². The number of hydrogen-bond donors (Lipinski definition) is 0. The molecular weight excluding hydrogens is 376 g/mol. The quantitative estimate of drug-likeness (QED) is 0.604. The highest BCUT2D eigenvalue weighted by Crippen LogP contribution is 2.25. The molecule has 0 aliphatic carbocycles. The molecule has 1 amide bonds. The summed E-state index contributed by atoms with van der Waals surface area (Å²) in [5, 5.41) is 0. The van der Waals surface area contributed by atoms with E-state index < -0.39 is 0 Å². The summed E-state index contributed by atoms with van der Waals surface area (Å²) in [6.45, 7) is 3.81. The number of amides is 1. The zero-order valence-electron chi connectivity index (χ0n) is 17.6. The molecule has 0 spiro atoms. The number of fused-ring (bicyclic) bond motifs is 1. The predicted octanol–water partition coefficient (Wildman–Crippen LogP) is 4.08. The topological polar surface area (TPSA) is 53.8 Å². The van der Waals surface area contributed by atoms with Crippen molar-refractivity contribution in [2.24, 2.45) is 0 Å². The Kier molecular flexibility index (Phi) is 5.55. The van der Waals surface area contributed by atoms with Crippen LogP contribution in [0.3, 0.4) is 0 Å². The van der Waals surface area contributed by atoms with Crippen LogP contribution in [0, 0.1) is 6.92 Å². The number of rotatable bonds is 5. The summed E-state index contributed by atoms with van der Waals surface area (Å²) in [6.07, 6.45) is 0.794. The molecule has 4 rings (SSSR count). The van der Waals surface area contributed by atoms with Gasteiger partial charge in [0.2, 0.25) is 0 Å². The number of carbonyl (C=O) groups excluding carboxylic acids is 2. The minimum Gasteiger partial charge on any atom is -0.463 e. The molecule has 0 N–H and O–H groups in total. The Bertz CT molecular complexity index is 1080. The van der Waals surface area contributed by atoms with E-state index in [1.807, 2.05) is 50.2 Å². The van der Waals surface area contributed by atoms with E-state index in [0.29, 0.717) is 29.8 Å². The molecule has 154 valence electrons. The van der Waals surface area contributed by atoms with E-state index in [-0.39, 0.29) is 11.7 Å². The van der Waals surface area contributed by atoms with Gasteiger partial charge in [-0.3, -0.25) is 9.59 Å². The first kappa shape index (κ1) is 20.1. The molecule has 2 aromatic carbocycles. The third kappa shape index (κ3) is 4.07. The fourth-order valence-electron chi connectivity index (χ4n) is 3.87. The zero-order chi connectivity index (χ0) is 21.3. The van der Waals surface area contributed by atoms with Crippen molar-refractivity contribution in [2.75, 3.05) is 20.6 Å². The SMILES string of the molecule is Cc1ccccc1C(=O)c1ccc(C(=O)N2CCc3cc(CN(C)C)oc3C2)cc1. The van der Waals surface area contributed by atoms with Gasteiger partial charge in [-0.25, -0.2) is 0 Å². The van der Waals surface area contributed by atoms with Gasteiger partial charge in [-0.2, -0.15) is 0 Å². The maximum atomic E-state index is 13.0. The molecule has 0 saturated carbocycles. The number of benzene rings is 2. The van der Waals surface area contributed by atoms with E-state index in [4.69, 9.17) is 4.42 Å². The second kappa shape index (κ2) is 8.28. The molecule has 0 fully saturated rings. The van der Waals surface area contributed by atoms with Crippen LogP contribution in [-0.4, -0.2) is 42.1 Å². The molecule has 0 saturated heterocycles. The number of aryl methyl sites for hydroxylation is 1. The van der Waals surface area contributed by atoms with Crippen LogP contribution >= 0.6 is 0 Å². The van der Waals surface area contributed by atoms with Gasteiger partial charge in [-0.15, -0.1) is 0 Å². The lowest BCUT2D eigenvalue weighted by atomic mass is 9.98. The van der Waals surface area contributed by atoms with E-state index in [1.54, 1.807) is 24.3 Å². The Morgan fingerprint density at radius 2 is 1.73 bits per heavy atom. The van der Waals surface area contributed by atoms with Crippen molar-refractivity contribution in [1.82, 2.24) is 9.80 Å². The van der Waals surface area contributed by atoms with Gasteiger partial charge in [0.1, 0.15) is 11.5 Å². The Morgan fingerprint density at radius 1 is 1.03 bits per heavy atom. The van der Waals surface area contributed by atoms with Crippen LogP contribution < -0.4 is 0 Å². The van der Waals surface area contributed by atoms with Crippen LogP contribution in [0.1, 0.15) is 48.9 Å². The molecule has 5 nitrogen and oxygen atoms in total. The highest BCUT2D eigenvalue weighted by atomic mass is 16.3. The number of hydrogen-bond acceptors (Lipinski definition) is 4. The molecule has 1 aromatic heterocycles. The monoisotopic (exact) mass is 402 g/mol. The van der Waals surface area contributed by atoms with E-state index in [1.165, 1.54) is 5.56 Å². The van der Waals surface area contributed by atoms with Gasteiger partial charge in [-0.05, 0) is 56.8 Å². The maximum Gasteiger partial charge on any atom is 0.254 e. The summed E-state index contributed by atoms with van der Waals surface area (Å²) in [5.41, 5.74) is 3.99. The second-order valence-corrected chi connectivity index (χ2v) is 8.10. The molecule has 0 unspecified atom stereocenters. The molecule has 0 radical (unpaired) electrons. The largest absolute Gasteiger partial charge is 0.463 e. The molecule has 3 aromatic rings. The standard InChI is InChI=1S/C25H26N2O3/c1-17-6-4-5-7-22(17)24(28)18-8-10-19(11-9-18)25(29)27-13-12-20-14-21(15-26(2)3)30-23(20)16-27/h4-11,14H,12-13,15-16H2,1-3H3. The van der Waals surface area contributed by atoms with Crippen LogP contribution in [0.2, 0.25) is 0 Å². The van der Waals surface area contributed by atoms with Gasteiger partial charge in [0, 0.05) is 23.2 Å². The fraction of sp³-hybridized carbons (Fsp3) is 0.280. The van der Waals surface area contributed by atoms with Gasteiger partial charge in [0.25, 0.3) is 5.91 Å². The minimum atomic E-state index is -0.0406. The average Bonchev–Trinajstić information content (AvgIpc) is 3.14. The lowest BCUT2D eigenvalue weighted by Gasteiger charge is -2.26. The van der Waals surface area contributed by atoms with Gasteiger partial charge < -0.3 is 14.2 Å². The Labute approximate surface area is 176 Å². The van der Waals surface area contributed by atoms with Gasteiger partial charge in [0.15, 0.2) is 5.78 Å². The number of ketones is 1. The molecule has 2 heterocycles. The summed E-state index contributed by atoms with van der Waals surface area (Å²) < 4.78 is 5.96. The number of furan rings is 1. The lowest BCUT2D eigenvalue weighted by molar-refractivity contribution is 0.0718. The Hall–Kier alpha value is -3.18. The predicted molar refractivity (Wildman–Crippen MR) is 116 cm³/mol. The molecule has 5 heteroatoms. The maximum absolute atomic E-state index is 13.0. The van der Waals surface area contributed by atoms with Crippen molar-refractivity contribution in [3.05, 3.63) is 93.9 Å². The lowest BCUT2D eigenvalue weighted by Crippen LogP contribution is -2.35. The van der Waals surface area contributed by atoms with Crippen LogP contribution in [0.5, 0.6) is 0 Å². The van der Waals surface area contributed by atoms with Crippen LogP contribution in [0.4, 0.5) is 0 Å². The molecule has 30 heavy (non-hydrogen) atoms. The molecule has 1 aliphatic rings. The highest BCUT2D eigenvalue weighted by Gasteiger charge is 2.25. The van der Waals surface area contributed by atoms with Crippen molar-refractivity contribution in [2.45, 2.75) is 26.4 Å². The van der Waals surface area contributed by atoms with E-state index in [2.05, 4.69) is 11.0 Å². The average molecular weight is 402 g/mol. The third-order valence-corrected chi connectivity index (χ3v) is 5.48. The third-order valence-electron chi connectivity index (χ3n) is 5.48. The first-order valence-corrected chi connectivity index (χ1v) is 10.2. The van der Waals surface area contributed by atoms with Crippen LogP contribution in [0.15, 0.2) is 59.0 Å². The number of carbonyl (C=O) groups is 2. The van der Waals surface area contributed by atoms with Gasteiger partial charge >= 0.3 is 0 Å². The van der Waals surface area contributed by atoms with Crippen molar-refractivity contribution in [3.63, 3.8) is 0 Å². The summed E-state index contributed by atoms with van der Waals surface area (Å²) in [6, 6.07) is 16.6. The van der Waals surface area contributed by atoms with Crippen molar-refractivity contribution < 1.29 is 14.0 Å². The normalized spacial score (nSPS) is 13.4. The smallest absolute Gasteiger partial charge is 0.254 e. The second-order valence-electron chi connectivity index (χ2n) is 8.10. The summed E-state index contributed by atoms with van der Waals surface area (Å²) in [4.78, 5) is 29.6. The highest BCUT2D eigenvalue weighted by molar-refractivity contribution is 6.10. The minimum absolute atomic E-state index is 0.0290. The molecular formula is C25H26N2O3. The van der Waals surface area contributed by atoms with Crippen molar-refractivity contribution >= 4 is 11.7 Å². The zero-order valence-corrected chi connectivity index (χ0v) is 17.6. The molecule has 0 atom stereocenters. The number of nitrogens with zero attached hydrogens (tertiary/aromatic N) is 2. The van der Waals surface area contributed by atoms with E-state index in [9.17, 15) is 9.59 Å². The van der Waals surface area contributed by atoms with Crippen molar-refractivity contribution in [3.8, 4) is 0 Å². The van der Waals surface area contributed by atoms with Crippen LogP contribution in [-0.2, 0) is 19.5 Å².